The summed E-state index contributed by atoms with van der Waals surface area (Å²) in [5, 5.41) is 0. The summed E-state index contributed by atoms with van der Waals surface area (Å²) in [6.45, 7) is 10.5. The van der Waals surface area contributed by atoms with Crippen LogP contribution in [-0.2, 0) is 4.74 Å². The summed E-state index contributed by atoms with van der Waals surface area (Å²) < 4.78 is 5.54. The van der Waals surface area contributed by atoms with Gasteiger partial charge in [0.2, 0.25) is 0 Å². The first-order valence-corrected chi connectivity index (χ1v) is 8.19. The van der Waals surface area contributed by atoms with Gasteiger partial charge in [0, 0.05) is 25.3 Å². The molecule has 0 aromatic heterocycles. The van der Waals surface area contributed by atoms with Gasteiger partial charge in [-0.15, -0.1) is 0 Å². The molecule has 2 heterocycles. The Morgan fingerprint density at radius 2 is 1.63 bits per heavy atom. The molecule has 2 aliphatic heterocycles. The van der Waals surface area contributed by atoms with Crippen molar-refractivity contribution < 1.29 is 4.74 Å². The first-order valence-electron chi connectivity index (χ1n) is 8.19. The Bertz CT molecular complexity index is 243. The fraction of sp³-hybridized carbons (Fsp3) is 1.00. The lowest BCUT2D eigenvalue weighted by molar-refractivity contribution is 0.00191. The molecule has 112 valence electrons. The van der Waals surface area contributed by atoms with Gasteiger partial charge < -0.3 is 9.64 Å². The summed E-state index contributed by atoms with van der Waals surface area (Å²) in [5.74, 6) is 0.814. The SMILES string of the molecule is CC(C)CCN(C1CCOCC1)C1CCN(C)CC1. The molecule has 2 rings (SSSR count). The highest BCUT2D eigenvalue weighted by Gasteiger charge is 2.29. The van der Waals surface area contributed by atoms with E-state index in [2.05, 4.69) is 30.7 Å². The third-order valence-electron chi connectivity index (χ3n) is 4.78. The van der Waals surface area contributed by atoms with Crippen molar-refractivity contribution in [3.63, 3.8) is 0 Å². The number of piperidine rings is 1. The third-order valence-corrected chi connectivity index (χ3v) is 4.78. The second kappa shape index (κ2) is 7.61. The maximum absolute atomic E-state index is 5.54. The van der Waals surface area contributed by atoms with Gasteiger partial charge >= 0.3 is 0 Å². The summed E-state index contributed by atoms with van der Waals surface area (Å²) in [7, 11) is 2.25. The van der Waals surface area contributed by atoms with Crippen LogP contribution in [0, 0.1) is 5.92 Å². The van der Waals surface area contributed by atoms with E-state index in [1.807, 2.05) is 0 Å². The average Bonchev–Trinajstić information content (AvgIpc) is 2.42. The molecule has 3 nitrogen and oxygen atoms in total. The highest BCUT2D eigenvalue weighted by Crippen LogP contribution is 2.24. The number of rotatable bonds is 5. The second-order valence-electron chi connectivity index (χ2n) is 6.80. The molecule has 3 heteroatoms. The molecule has 0 spiro atoms. The standard InChI is InChI=1S/C16H32N2O/c1-14(2)4-11-18(16-7-12-19-13-8-16)15-5-9-17(3)10-6-15/h14-16H,4-13H2,1-3H3. The molecule has 0 N–H and O–H groups in total. The summed E-state index contributed by atoms with van der Waals surface area (Å²) in [5.41, 5.74) is 0. The summed E-state index contributed by atoms with van der Waals surface area (Å²) in [4.78, 5) is 5.32. The summed E-state index contributed by atoms with van der Waals surface area (Å²) >= 11 is 0. The first-order chi connectivity index (χ1) is 9.16. The molecule has 2 saturated heterocycles. The largest absolute Gasteiger partial charge is 0.381 e. The van der Waals surface area contributed by atoms with Gasteiger partial charge in [0.05, 0.1) is 0 Å². The van der Waals surface area contributed by atoms with E-state index in [9.17, 15) is 0 Å². The van der Waals surface area contributed by atoms with Crippen LogP contribution in [0.25, 0.3) is 0 Å². The van der Waals surface area contributed by atoms with Gasteiger partial charge in [-0.2, -0.15) is 0 Å². The van der Waals surface area contributed by atoms with Crippen LogP contribution in [0.4, 0.5) is 0 Å². The minimum absolute atomic E-state index is 0.779. The molecule has 2 fully saturated rings. The van der Waals surface area contributed by atoms with Crippen molar-refractivity contribution in [1.82, 2.24) is 9.80 Å². The minimum atomic E-state index is 0.779. The van der Waals surface area contributed by atoms with Crippen LogP contribution >= 0.6 is 0 Å². The van der Waals surface area contributed by atoms with Crippen LogP contribution in [0.15, 0.2) is 0 Å². The predicted octanol–water partition coefficient (Wildman–Crippen LogP) is 2.61. The van der Waals surface area contributed by atoms with Crippen molar-refractivity contribution in [2.75, 3.05) is 39.9 Å². The Hall–Kier alpha value is -0.120. The average molecular weight is 268 g/mol. The first kappa shape index (κ1) is 15.3. The topological polar surface area (TPSA) is 15.7 Å². The number of hydrogen-bond acceptors (Lipinski definition) is 3. The Morgan fingerprint density at radius 3 is 2.21 bits per heavy atom. The third kappa shape index (κ3) is 4.73. The number of ether oxygens (including phenoxy) is 1. The lowest BCUT2D eigenvalue weighted by atomic mass is 9.97. The van der Waals surface area contributed by atoms with E-state index in [1.165, 1.54) is 51.7 Å². The van der Waals surface area contributed by atoms with Gasteiger partial charge in [-0.05, 0) is 64.7 Å². The Balaban J connectivity index is 1.92. The van der Waals surface area contributed by atoms with Gasteiger partial charge in [-0.3, -0.25) is 4.90 Å². The Morgan fingerprint density at radius 1 is 1.05 bits per heavy atom. The molecule has 0 aliphatic carbocycles. The monoisotopic (exact) mass is 268 g/mol. The van der Waals surface area contributed by atoms with Crippen LogP contribution in [0.5, 0.6) is 0 Å². The summed E-state index contributed by atoms with van der Waals surface area (Å²) in [6, 6.07) is 1.60. The van der Waals surface area contributed by atoms with Gasteiger partial charge in [0.1, 0.15) is 0 Å². The van der Waals surface area contributed by atoms with Crippen LogP contribution < -0.4 is 0 Å². The molecule has 19 heavy (non-hydrogen) atoms. The van der Waals surface area contributed by atoms with Crippen molar-refractivity contribution in [3.05, 3.63) is 0 Å². The van der Waals surface area contributed by atoms with E-state index in [4.69, 9.17) is 4.74 Å². The summed E-state index contributed by atoms with van der Waals surface area (Å²) in [6.07, 6.45) is 6.52. The van der Waals surface area contributed by atoms with Crippen molar-refractivity contribution in [1.29, 1.82) is 0 Å². The lowest BCUT2D eigenvalue weighted by Crippen LogP contribution is -2.50. The van der Waals surface area contributed by atoms with Gasteiger partial charge in [-0.1, -0.05) is 13.8 Å². The fourth-order valence-electron chi connectivity index (χ4n) is 3.41. The van der Waals surface area contributed by atoms with Crippen LogP contribution in [0.2, 0.25) is 0 Å². The van der Waals surface area contributed by atoms with E-state index < -0.39 is 0 Å². The second-order valence-corrected chi connectivity index (χ2v) is 6.80. The molecule has 0 atom stereocenters. The molecule has 0 amide bonds. The molecule has 0 aromatic rings. The molecular formula is C16H32N2O. The van der Waals surface area contributed by atoms with E-state index in [1.54, 1.807) is 0 Å². The van der Waals surface area contributed by atoms with Crippen LogP contribution in [-0.4, -0.2) is 61.8 Å². The molecule has 0 saturated carbocycles. The molecular weight excluding hydrogens is 236 g/mol. The van der Waals surface area contributed by atoms with E-state index in [0.717, 1.165) is 31.2 Å². The van der Waals surface area contributed by atoms with E-state index in [-0.39, 0.29) is 0 Å². The maximum Gasteiger partial charge on any atom is 0.0480 e. The van der Waals surface area contributed by atoms with Crippen LogP contribution in [0.3, 0.4) is 0 Å². The smallest absolute Gasteiger partial charge is 0.0480 e. The van der Waals surface area contributed by atoms with E-state index >= 15 is 0 Å². The van der Waals surface area contributed by atoms with Crippen molar-refractivity contribution >= 4 is 0 Å². The maximum atomic E-state index is 5.54. The Kier molecular flexibility index (Phi) is 6.11. The lowest BCUT2D eigenvalue weighted by Gasteiger charge is -2.43. The zero-order valence-corrected chi connectivity index (χ0v) is 13.1. The number of nitrogens with zero attached hydrogens (tertiary/aromatic N) is 2. The zero-order chi connectivity index (χ0) is 13.7. The van der Waals surface area contributed by atoms with Crippen LogP contribution in [0.1, 0.15) is 46.0 Å². The zero-order valence-electron chi connectivity index (χ0n) is 13.1. The molecule has 0 radical (unpaired) electrons. The predicted molar refractivity (Wildman–Crippen MR) is 80.5 cm³/mol. The molecule has 0 bridgehead atoms. The van der Waals surface area contributed by atoms with Crippen molar-refractivity contribution in [2.24, 2.45) is 5.92 Å². The molecule has 0 unspecified atom stereocenters. The van der Waals surface area contributed by atoms with Gasteiger partial charge in [0.25, 0.3) is 0 Å². The molecule has 2 aliphatic rings. The minimum Gasteiger partial charge on any atom is -0.381 e. The quantitative estimate of drug-likeness (QED) is 0.762. The molecule has 0 aromatic carbocycles. The van der Waals surface area contributed by atoms with E-state index in [0.29, 0.717) is 0 Å². The Labute approximate surface area is 119 Å². The van der Waals surface area contributed by atoms with Gasteiger partial charge in [0.15, 0.2) is 0 Å². The van der Waals surface area contributed by atoms with Crippen molar-refractivity contribution in [3.8, 4) is 0 Å². The van der Waals surface area contributed by atoms with Crippen molar-refractivity contribution in [2.45, 2.75) is 58.0 Å². The fourth-order valence-corrected chi connectivity index (χ4v) is 3.41. The normalized spacial score (nSPS) is 24.5. The highest BCUT2D eigenvalue weighted by atomic mass is 16.5. The highest BCUT2D eigenvalue weighted by molar-refractivity contribution is 4.84. The van der Waals surface area contributed by atoms with Gasteiger partial charge in [-0.25, -0.2) is 0 Å². The number of hydrogen-bond donors (Lipinski definition) is 0. The number of likely N-dealkylation sites (tertiary alicyclic amines) is 1.